The Morgan fingerprint density at radius 2 is 1.65 bits per heavy atom. The van der Waals surface area contributed by atoms with Crippen molar-refractivity contribution in [3.05, 3.63) is 41.0 Å². The first-order valence-corrected chi connectivity index (χ1v) is 9.87. The van der Waals surface area contributed by atoms with Gasteiger partial charge in [0.2, 0.25) is 24.4 Å². The monoisotopic (exact) mass is 426 g/mol. The number of amides is 2. The van der Waals surface area contributed by atoms with E-state index in [1.54, 1.807) is 4.90 Å². The fourth-order valence-electron chi connectivity index (χ4n) is 4.58. The van der Waals surface area contributed by atoms with E-state index in [9.17, 15) is 9.59 Å². The summed E-state index contributed by atoms with van der Waals surface area (Å²) < 4.78 is 27.6. The van der Waals surface area contributed by atoms with Gasteiger partial charge in [-0.2, -0.15) is 0 Å². The third kappa shape index (κ3) is 2.91. The molecular weight excluding hydrogens is 404 g/mol. The first kappa shape index (κ1) is 19.3. The minimum atomic E-state index is -0.627. The molecule has 2 amide bonds. The summed E-state index contributed by atoms with van der Waals surface area (Å²) in [6.45, 7) is 0.0930. The van der Waals surface area contributed by atoms with E-state index in [-0.39, 0.29) is 25.2 Å². The normalized spacial score (nSPS) is 21.2. The molecule has 2 aromatic carbocycles. The number of carbonyl (C=O) groups excluding carboxylic acids is 2. The highest BCUT2D eigenvalue weighted by atomic mass is 16.7. The van der Waals surface area contributed by atoms with Crippen LogP contribution < -0.4 is 29.0 Å². The van der Waals surface area contributed by atoms with Crippen molar-refractivity contribution < 1.29 is 33.3 Å². The van der Waals surface area contributed by atoms with Crippen LogP contribution in [0.5, 0.6) is 28.7 Å². The van der Waals surface area contributed by atoms with Crippen molar-refractivity contribution in [2.75, 3.05) is 34.7 Å². The topological polar surface area (TPSA) is 95.6 Å². The number of ether oxygens (including phenoxy) is 5. The van der Waals surface area contributed by atoms with E-state index in [1.165, 1.54) is 21.3 Å². The lowest BCUT2D eigenvalue weighted by molar-refractivity contribution is -0.148. The molecule has 0 aromatic heterocycles. The molecule has 9 heteroatoms. The maximum absolute atomic E-state index is 13.0. The molecule has 3 heterocycles. The molecule has 0 aliphatic carbocycles. The maximum atomic E-state index is 13.0. The SMILES string of the molecule is COc1cc([C@@H]2c3cc4c(cc3C[C@H]3C(=O)NCC(=O)N23)OCO4)cc(OC)c1OC. The van der Waals surface area contributed by atoms with Crippen molar-refractivity contribution in [3.63, 3.8) is 0 Å². The molecule has 9 nitrogen and oxygen atoms in total. The zero-order valence-electron chi connectivity index (χ0n) is 17.4. The molecule has 1 fully saturated rings. The van der Waals surface area contributed by atoms with Crippen LogP contribution in [0, 0.1) is 0 Å². The van der Waals surface area contributed by atoms with Gasteiger partial charge in [0.1, 0.15) is 6.04 Å². The predicted octanol–water partition coefficient (Wildman–Crippen LogP) is 1.41. The Hall–Kier alpha value is -3.62. The number of carbonyl (C=O) groups is 2. The zero-order valence-corrected chi connectivity index (χ0v) is 17.4. The van der Waals surface area contributed by atoms with E-state index < -0.39 is 12.1 Å². The number of benzene rings is 2. The van der Waals surface area contributed by atoms with Crippen LogP contribution in [-0.4, -0.2) is 57.4 Å². The molecule has 0 spiro atoms. The number of hydrogen-bond acceptors (Lipinski definition) is 7. The van der Waals surface area contributed by atoms with Gasteiger partial charge in [-0.3, -0.25) is 9.59 Å². The van der Waals surface area contributed by atoms with Crippen molar-refractivity contribution in [2.45, 2.75) is 18.5 Å². The molecule has 5 rings (SSSR count). The Morgan fingerprint density at radius 1 is 0.968 bits per heavy atom. The lowest BCUT2D eigenvalue weighted by Gasteiger charge is -2.45. The molecule has 1 saturated heterocycles. The first-order chi connectivity index (χ1) is 15.0. The van der Waals surface area contributed by atoms with Gasteiger partial charge in [0.25, 0.3) is 0 Å². The van der Waals surface area contributed by atoms with Gasteiger partial charge < -0.3 is 33.9 Å². The van der Waals surface area contributed by atoms with Crippen LogP contribution in [0.2, 0.25) is 0 Å². The van der Waals surface area contributed by atoms with Gasteiger partial charge in [-0.25, -0.2) is 0 Å². The van der Waals surface area contributed by atoms with Crippen molar-refractivity contribution in [1.29, 1.82) is 0 Å². The Balaban J connectivity index is 1.74. The number of fused-ring (bicyclic) bond motifs is 3. The Kier molecular flexibility index (Phi) is 4.53. The molecule has 3 aliphatic rings. The maximum Gasteiger partial charge on any atom is 0.243 e. The van der Waals surface area contributed by atoms with E-state index >= 15 is 0 Å². The minimum Gasteiger partial charge on any atom is -0.493 e. The molecule has 0 bridgehead atoms. The van der Waals surface area contributed by atoms with Crippen LogP contribution >= 0.6 is 0 Å². The van der Waals surface area contributed by atoms with Crippen molar-refractivity contribution in [3.8, 4) is 28.7 Å². The van der Waals surface area contributed by atoms with Crippen LogP contribution in [0.3, 0.4) is 0 Å². The second kappa shape index (κ2) is 7.26. The smallest absolute Gasteiger partial charge is 0.243 e. The molecular formula is C22H22N2O7. The standard InChI is InChI=1S/C22H22N2O7/c1-27-17-6-12(7-18(28-2)21(17)29-3)20-13-8-16-15(30-10-31-16)5-11(13)4-14-22(26)23-9-19(25)24(14)20/h5-8,14,20H,4,9-10H2,1-3H3,(H,23,26)/t14-,20+/m0/s1. The van der Waals surface area contributed by atoms with Crippen LogP contribution in [-0.2, 0) is 16.0 Å². The average Bonchev–Trinajstić information content (AvgIpc) is 3.25. The summed E-state index contributed by atoms with van der Waals surface area (Å²) in [5.41, 5.74) is 2.54. The third-order valence-electron chi connectivity index (χ3n) is 5.96. The zero-order chi connectivity index (χ0) is 21.7. The van der Waals surface area contributed by atoms with Gasteiger partial charge in [-0.1, -0.05) is 0 Å². The van der Waals surface area contributed by atoms with Crippen molar-refractivity contribution >= 4 is 11.8 Å². The van der Waals surface area contributed by atoms with Gasteiger partial charge in [-0.15, -0.1) is 0 Å². The molecule has 0 unspecified atom stereocenters. The molecule has 162 valence electrons. The minimum absolute atomic E-state index is 0.0455. The van der Waals surface area contributed by atoms with E-state index in [0.717, 1.165) is 16.7 Å². The highest BCUT2D eigenvalue weighted by molar-refractivity contribution is 5.96. The second-order valence-electron chi connectivity index (χ2n) is 7.50. The van der Waals surface area contributed by atoms with Crippen LogP contribution in [0.25, 0.3) is 0 Å². The van der Waals surface area contributed by atoms with Gasteiger partial charge in [-0.05, 0) is 41.0 Å². The molecule has 2 aromatic rings. The lowest BCUT2D eigenvalue weighted by Crippen LogP contribution is -2.61. The third-order valence-corrected chi connectivity index (χ3v) is 5.96. The Morgan fingerprint density at radius 3 is 2.29 bits per heavy atom. The number of methoxy groups -OCH3 is 3. The Labute approximate surface area is 178 Å². The van der Waals surface area contributed by atoms with Crippen LogP contribution in [0.1, 0.15) is 22.7 Å². The van der Waals surface area contributed by atoms with E-state index in [4.69, 9.17) is 23.7 Å². The van der Waals surface area contributed by atoms with Crippen molar-refractivity contribution in [2.24, 2.45) is 0 Å². The number of nitrogens with zero attached hydrogens (tertiary/aromatic N) is 1. The second-order valence-corrected chi connectivity index (χ2v) is 7.50. The van der Waals surface area contributed by atoms with Gasteiger partial charge in [0, 0.05) is 6.42 Å². The molecule has 0 saturated carbocycles. The summed E-state index contributed by atoms with van der Waals surface area (Å²) in [5.74, 6) is 2.30. The van der Waals surface area contributed by atoms with Gasteiger partial charge in [0.15, 0.2) is 23.0 Å². The van der Waals surface area contributed by atoms with E-state index in [1.807, 2.05) is 24.3 Å². The van der Waals surface area contributed by atoms with Crippen LogP contribution in [0.15, 0.2) is 24.3 Å². The summed E-state index contributed by atoms with van der Waals surface area (Å²) in [6, 6.07) is 6.24. The highest BCUT2D eigenvalue weighted by Crippen LogP contribution is 2.48. The summed E-state index contributed by atoms with van der Waals surface area (Å²) in [6.07, 6.45) is 0.393. The van der Waals surface area contributed by atoms with Gasteiger partial charge >= 0.3 is 0 Å². The summed E-state index contributed by atoms with van der Waals surface area (Å²) in [5, 5.41) is 2.69. The van der Waals surface area contributed by atoms with Crippen molar-refractivity contribution in [1.82, 2.24) is 10.2 Å². The molecule has 2 atom stereocenters. The molecule has 0 radical (unpaired) electrons. The average molecular weight is 426 g/mol. The molecule has 31 heavy (non-hydrogen) atoms. The quantitative estimate of drug-likeness (QED) is 0.790. The largest absolute Gasteiger partial charge is 0.493 e. The highest BCUT2D eigenvalue weighted by Gasteiger charge is 2.45. The van der Waals surface area contributed by atoms with Gasteiger partial charge in [0.05, 0.1) is 33.9 Å². The lowest BCUT2D eigenvalue weighted by atomic mass is 9.83. The first-order valence-electron chi connectivity index (χ1n) is 9.87. The number of rotatable bonds is 4. The molecule has 3 aliphatic heterocycles. The number of piperazine rings is 1. The summed E-state index contributed by atoms with van der Waals surface area (Å²) in [7, 11) is 4.61. The number of hydrogen-bond donors (Lipinski definition) is 1. The van der Waals surface area contributed by atoms with E-state index in [2.05, 4.69) is 5.32 Å². The van der Waals surface area contributed by atoms with Crippen LogP contribution in [0.4, 0.5) is 0 Å². The fraction of sp³-hybridized carbons (Fsp3) is 0.364. The summed E-state index contributed by atoms with van der Waals surface area (Å²) >= 11 is 0. The van der Waals surface area contributed by atoms with E-state index in [0.29, 0.717) is 35.2 Å². The molecule has 1 N–H and O–H groups in total. The fourth-order valence-corrected chi connectivity index (χ4v) is 4.58. The predicted molar refractivity (Wildman–Crippen MR) is 108 cm³/mol. The number of nitrogens with one attached hydrogen (secondary N) is 1. The summed E-state index contributed by atoms with van der Waals surface area (Å²) in [4.78, 5) is 27.4. The Bertz CT molecular complexity index is 1060.